The highest BCUT2D eigenvalue weighted by atomic mass is 19.1. The lowest BCUT2D eigenvalue weighted by Gasteiger charge is -2.21. The van der Waals surface area contributed by atoms with Gasteiger partial charge in [0.1, 0.15) is 0 Å². The highest BCUT2D eigenvalue weighted by Crippen LogP contribution is 2.16. The summed E-state index contributed by atoms with van der Waals surface area (Å²) in [7, 11) is 0. The molecule has 2 N–H and O–H groups in total. The molecule has 0 bridgehead atoms. The molecule has 0 aromatic carbocycles. The van der Waals surface area contributed by atoms with Gasteiger partial charge in [-0.3, -0.25) is 0 Å². The normalized spacial score (nSPS) is 11.7. The third kappa shape index (κ3) is 4.49. The van der Waals surface area contributed by atoms with Gasteiger partial charge in [-0.1, -0.05) is 5.16 Å². The van der Waals surface area contributed by atoms with Gasteiger partial charge in [-0.05, 0) is 33.8 Å². The van der Waals surface area contributed by atoms with Gasteiger partial charge in [-0.25, -0.2) is 9.37 Å². The van der Waals surface area contributed by atoms with E-state index in [0.717, 1.165) is 0 Å². The van der Waals surface area contributed by atoms with Crippen LogP contribution in [0.3, 0.4) is 0 Å². The molecule has 0 aliphatic rings. The van der Waals surface area contributed by atoms with Crippen molar-refractivity contribution in [3.8, 4) is 0 Å². The minimum Gasteiger partial charge on any atom is -0.359 e. The molecule has 0 amide bonds. The second-order valence-corrected chi connectivity index (χ2v) is 5.83. The van der Waals surface area contributed by atoms with Crippen LogP contribution >= 0.6 is 0 Å². The predicted molar refractivity (Wildman–Crippen MR) is 77.1 cm³/mol. The third-order valence-electron chi connectivity index (χ3n) is 2.76. The summed E-state index contributed by atoms with van der Waals surface area (Å²) in [4.78, 5) is 8.05. The van der Waals surface area contributed by atoms with Crippen LogP contribution in [0.4, 0.5) is 10.2 Å². The highest BCUT2D eigenvalue weighted by Gasteiger charge is 2.14. The molecule has 114 valence electrons. The second kappa shape index (κ2) is 6.17. The topological polar surface area (TPSA) is 75.9 Å². The number of rotatable bonds is 5. The molecule has 0 aliphatic carbocycles. The van der Waals surface area contributed by atoms with Crippen LogP contribution in [0.1, 0.15) is 38.0 Å². The van der Waals surface area contributed by atoms with Crippen molar-refractivity contribution in [1.29, 1.82) is 0 Å². The molecular formula is C14H20FN5O. The Morgan fingerprint density at radius 2 is 2.05 bits per heavy atom. The van der Waals surface area contributed by atoms with Crippen LogP contribution in [-0.4, -0.2) is 20.7 Å². The molecule has 2 aromatic heterocycles. The van der Waals surface area contributed by atoms with E-state index in [1.165, 1.54) is 0 Å². The fourth-order valence-corrected chi connectivity index (χ4v) is 1.68. The van der Waals surface area contributed by atoms with Crippen molar-refractivity contribution in [2.45, 2.75) is 46.3 Å². The molecular weight excluding hydrogens is 273 g/mol. The lowest BCUT2D eigenvalue weighted by Crippen LogP contribution is -2.35. The Labute approximate surface area is 123 Å². The lowest BCUT2D eigenvalue weighted by molar-refractivity contribution is 0.379. The Kier molecular flexibility index (Phi) is 4.52. The second-order valence-electron chi connectivity index (χ2n) is 5.83. The number of anilines is 1. The molecule has 0 unspecified atom stereocenters. The SMILES string of the molecule is Cc1noc(CNc2nccc(CNC(C)(C)C)c2F)n1. The van der Waals surface area contributed by atoms with Crippen LogP contribution in [0.25, 0.3) is 0 Å². The number of hydrogen-bond donors (Lipinski definition) is 2. The number of nitrogens with zero attached hydrogens (tertiary/aromatic N) is 3. The number of pyridine rings is 1. The molecule has 0 atom stereocenters. The first kappa shape index (κ1) is 15.4. The standard InChI is InChI=1S/C14H20FN5O/c1-9-19-11(21-20-9)8-17-13-12(15)10(5-6-16-13)7-18-14(2,3)4/h5-6,18H,7-8H2,1-4H3,(H,16,17). The summed E-state index contributed by atoms with van der Waals surface area (Å²) >= 11 is 0. The molecule has 0 radical (unpaired) electrons. The highest BCUT2D eigenvalue weighted by molar-refractivity contribution is 5.39. The number of halogens is 1. The van der Waals surface area contributed by atoms with E-state index in [2.05, 4.69) is 25.8 Å². The van der Waals surface area contributed by atoms with E-state index >= 15 is 0 Å². The van der Waals surface area contributed by atoms with Gasteiger partial charge in [0.05, 0.1) is 6.54 Å². The van der Waals surface area contributed by atoms with Crippen molar-refractivity contribution in [3.05, 3.63) is 35.4 Å². The molecule has 0 saturated heterocycles. The lowest BCUT2D eigenvalue weighted by atomic mass is 10.1. The van der Waals surface area contributed by atoms with E-state index in [1.807, 2.05) is 20.8 Å². The van der Waals surface area contributed by atoms with Crippen LogP contribution in [-0.2, 0) is 13.1 Å². The molecule has 21 heavy (non-hydrogen) atoms. The molecule has 6 nitrogen and oxygen atoms in total. The average molecular weight is 293 g/mol. The molecule has 0 spiro atoms. The fourth-order valence-electron chi connectivity index (χ4n) is 1.68. The summed E-state index contributed by atoms with van der Waals surface area (Å²) < 4.78 is 19.3. The summed E-state index contributed by atoms with van der Waals surface area (Å²) in [6, 6.07) is 1.66. The van der Waals surface area contributed by atoms with Crippen LogP contribution < -0.4 is 10.6 Å². The molecule has 0 aliphatic heterocycles. The molecule has 0 fully saturated rings. The van der Waals surface area contributed by atoms with Crippen molar-refractivity contribution in [1.82, 2.24) is 20.4 Å². The smallest absolute Gasteiger partial charge is 0.245 e. The summed E-state index contributed by atoms with van der Waals surface area (Å²) in [5, 5.41) is 9.79. The Morgan fingerprint density at radius 1 is 1.29 bits per heavy atom. The van der Waals surface area contributed by atoms with E-state index in [0.29, 0.717) is 23.8 Å². The number of hydrogen-bond acceptors (Lipinski definition) is 6. The van der Waals surface area contributed by atoms with Gasteiger partial charge in [0, 0.05) is 23.8 Å². The van der Waals surface area contributed by atoms with Crippen LogP contribution in [0.15, 0.2) is 16.8 Å². The summed E-state index contributed by atoms with van der Waals surface area (Å²) in [6.45, 7) is 8.49. The maximum absolute atomic E-state index is 14.3. The minimum atomic E-state index is -0.370. The zero-order chi connectivity index (χ0) is 15.5. The number of aryl methyl sites for hydroxylation is 1. The van der Waals surface area contributed by atoms with E-state index in [1.54, 1.807) is 19.2 Å². The maximum atomic E-state index is 14.3. The first-order valence-corrected chi connectivity index (χ1v) is 6.76. The van der Waals surface area contributed by atoms with Gasteiger partial charge in [-0.2, -0.15) is 4.98 Å². The third-order valence-corrected chi connectivity index (χ3v) is 2.76. The van der Waals surface area contributed by atoms with Crippen LogP contribution in [0.5, 0.6) is 0 Å². The van der Waals surface area contributed by atoms with Gasteiger partial charge >= 0.3 is 0 Å². The minimum absolute atomic E-state index is 0.0788. The van der Waals surface area contributed by atoms with Crippen molar-refractivity contribution < 1.29 is 8.91 Å². The van der Waals surface area contributed by atoms with Crippen molar-refractivity contribution in [3.63, 3.8) is 0 Å². The average Bonchev–Trinajstić information content (AvgIpc) is 2.81. The summed E-state index contributed by atoms with van der Waals surface area (Å²) in [5.41, 5.74) is 0.481. The Hall–Kier alpha value is -2.02. The Balaban J connectivity index is 2.03. The Morgan fingerprint density at radius 3 is 2.67 bits per heavy atom. The monoisotopic (exact) mass is 293 g/mol. The summed E-state index contributed by atoms with van der Waals surface area (Å²) in [5.74, 6) is 0.750. The van der Waals surface area contributed by atoms with Gasteiger partial charge in [0.15, 0.2) is 17.5 Å². The Bertz CT molecular complexity index is 606. The maximum Gasteiger partial charge on any atom is 0.245 e. The van der Waals surface area contributed by atoms with E-state index < -0.39 is 0 Å². The first-order valence-electron chi connectivity index (χ1n) is 6.76. The molecule has 2 heterocycles. The molecule has 0 saturated carbocycles. The van der Waals surface area contributed by atoms with Crippen molar-refractivity contribution in [2.24, 2.45) is 0 Å². The quantitative estimate of drug-likeness (QED) is 0.881. The van der Waals surface area contributed by atoms with Gasteiger partial charge in [-0.15, -0.1) is 0 Å². The number of aromatic nitrogens is 3. The van der Waals surface area contributed by atoms with E-state index in [-0.39, 0.29) is 23.7 Å². The molecule has 7 heteroatoms. The van der Waals surface area contributed by atoms with Crippen molar-refractivity contribution >= 4 is 5.82 Å². The van der Waals surface area contributed by atoms with E-state index in [4.69, 9.17) is 4.52 Å². The van der Waals surface area contributed by atoms with Crippen LogP contribution in [0, 0.1) is 12.7 Å². The zero-order valence-corrected chi connectivity index (χ0v) is 12.7. The fraction of sp³-hybridized carbons (Fsp3) is 0.500. The van der Waals surface area contributed by atoms with E-state index in [9.17, 15) is 4.39 Å². The first-order chi connectivity index (χ1) is 9.85. The number of nitrogens with one attached hydrogen (secondary N) is 2. The molecule has 2 rings (SSSR count). The van der Waals surface area contributed by atoms with Gasteiger partial charge in [0.25, 0.3) is 0 Å². The predicted octanol–water partition coefficient (Wildman–Crippen LogP) is 2.41. The zero-order valence-electron chi connectivity index (χ0n) is 12.7. The largest absolute Gasteiger partial charge is 0.359 e. The summed E-state index contributed by atoms with van der Waals surface area (Å²) in [6.07, 6.45) is 1.57. The molecule has 2 aromatic rings. The van der Waals surface area contributed by atoms with Crippen molar-refractivity contribution in [2.75, 3.05) is 5.32 Å². The van der Waals surface area contributed by atoms with Gasteiger partial charge in [0.2, 0.25) is 5.89 Å². The van der Waals surface area contributed by atoms with Gasteiger partial charge < -0.3 is 15.2 Å². The van der Waals surface area contributed by atoms with Crippen LogP contribution in [0.2, 0.25) is 0 Å².